The van der Waals surface area contributed by atoms with E-state index in [4.69, 9.17) is 4.42 Å². The van der Waals surface area contributed by atoms with Crippen LogP contribution in [0.4, 0.5) is 0 Å². The van der Waals surface area contributed by atoms with E-state index in [9.17, 15) is 0 Å². The van der Waals surface area contributed by atoms with Gasteiger partial charge in [0.05, 0.1) is 18.3 Å². The van der Waals surface area contributed by atoms with Gasteiger partial charge in [0.1, 0.15) is 5.76 Å². The van der Waals surface area contributed by atoms with Crippen LogP contribution in [0, 0.1) is 13.8 Å². The summed E-state index contributed by atoms with van der Waals surface area (Å²) in [6, 6.07) is 10.3. The van der Waals surface area contributed by atoms with Gasteiger partial charge in [0, 0.05) is 17.5 Å². The molecule has 0 atom stereocenters. The van der Waals surface area contributed by atoms with E-state index in [-0.39, 0.29) is 0 Å². The molecule has 6 heteroatoms. The van der Waals surface area contributed by atoms with E-state index in [1.807, 2.05) is 16.6 Å². The van der Waals surface area contributed by atoms with Crippen molar-refractivity contribution in [2.45, 2.75) is 26.9 Å². The van der Waals surface area contributed by atoms with Crippen LogP contribution in [0.15, 0.2) is 41.0 Å². The lowest BCUT2D eigenvalue weighted by Gasteiger charge is -2.09. The van der Waals surface area contributed by atoms with Crippen LogP contribution in [0.5, 0.6) is 0 Å². The predicted molar refractivity (Wildman–Crippen MR) is 87.0 cm³/mol. The number of rotatable bonds is 4. The Morgan fingerprint density at radius 1 is 1.13 bits per heavy atom. The fourth-order valence-corrected chi connectivity index (χ4v) is 2.79. The number of aryl methyl sites for hydroxylation is 2. The Balaban J connectivity index is 1.72. The second-order valence-electron chi connectivity index (χ2n) is 5.76. The van der Waals surface area contributed by atoms with Gasteiger partial charge < -0.3 is 9.73 Å². The van der Waals surface area contributed by atoms with E-state index in [0.717, 1.165) is 27.9 Å². The molecule has 6 nitrogen and oxygen atoms in total. The Labute approximate surface area is 133 Å². The molecule has 0 radical (unpaired) electrons. The van der Waals surface area contributed by atoms with Gasteiger partial charge in [-0.3, -0.25) is 0 Å². The fourth-order valence-electron chi connectivity index (χ4n) is 2.79. The van der Waals surface area contributed by atoms with Gasteiger partial charge in [-0.15, -0.1) is 5.10 Å². The highest BCUT2D eigenvalue weighted by atomic mass is 16.3. The number of furan rings is 1. The molecule has 0 saturated carbocycles. The summed E-state index contributed by atoms with van der Waals surface area (Å²) in [5, 5.41) is 16.7. The van der Waals surface area contributed by atoms with Crippen LogP contribution < -0.4 is 5.32 Å². The highest BCUT2D eigenvalue weighted by molar-refractivity contribution is 5.84. The zero-order valence-corrected chi connectivity index (χ0v) is 13.1. The molecule has 23 heavy (non-hydrogen) atoms. The lowest BCUT2D eigenvalue weighted by atomic mass is 10.0. The highest BCUT2D eigenvalue weighted by Gasteiger charge is 2.11. The summed E-state index contributed by atoms with van der Waals surface area (Å²) in [4.78, 5) is 0. The lowest BCUT2D eigenvalue weighted by Crippen LogP contribution is -2.13. The molecule has 116 valence electrons. The molecule has 0 bridgehead atoms. The van der Waals surface area contributed by atoms with Crippen LogP contribution in [0.3, 0.4) is 0 Å². The second kappa shape index (κ2) is 5.48. The number of hydrogen-bond acceptors (Lipinski definition) is 5. The summed E-state index contributed by atoms with van der Waals surface area (Å²) in [5.74, 6) is 0.910. The minimum absolute atomic E-state index is 0.672. The molecule has 1 aromatic carbocycles. The lowest BCUT2D eigenvalue weighted by molar-refractivity contribution is 0.483. The number of fused-ring (bicyclic) bond motifs is 3. The second-order valence-corrected chi connectivity index (χ2v) is 5.76. The van der Waals surface area contributed by atoms with Gasteiger partial charge in [0.25, 0.3) is 0 Å². The van der Waals surface area contributed by atoms with E-state index >= 15 is 0 Å². The summed E-state index contributed by atoms with van der Waals surface area (Å²) in [7, 11) is 0. The molecule has 0 aliphatic carbocycles. The molecule has 0 saturated heterocycles. The number of nitrogens with zero attached hydrogens (tertiary/aromatic N) is 4. The third kappa shape index (κ3) is 2.47. The van der Waals surface area contributed by atoms with Crippen LogP contribution in [-0.4, -0.2) is 20.0 Å². The Morgan fingerprint density at radius 2 is 2.00 bits per heavy atom. The summed E-state index contributed by atoms with van der Waals surface area (Å²) in [6.07, 6.45) is 1.68. The standard InChI is InChI=1S/C17H17N5O/c1-11-6-13-8-14(9-18-10-15-4-3-5-23-15)17-19-20-21-22(17)16(13)7-12(11)2/h3-8,18H,9-10H2,1-2H3. The Hall–Kier alpha value is -2.73. The molecular formula is C17H17N5O. The monoisotopic (exact) mass is 307 g/mol. The van der Waals surface area contributed by atoms with Crippen molar-refractivity contribution >= 4 is 16.6 Å². The first-order valence-corrected chi connectivity index (χ1v) is 7.56. The van der Waals surface area contributed by atoms with Crippen LogP contribution in [-0.2, 0) is 13.1 Å². The molecule has 4 aromatic rings. The molecule has 3 aromatic heterocycles. The van der Waals surface area contributed by atoms with Gasteiger partial charge in [0.15, 0.2) is 5.65 Å². The van der Waals surface area contributed by atoms with Gasteiger partial charge in [-0.1, -0.05) is 0 Å². The minimum atomic E-state index is 0.672. The van der Waals surface area contributed by atoms with Crippen LogP contribution >= 0.6 is 0 Å². The Bertz CT molecular complexity index is 972. The molecule has 4 rings (SSSR count). The topological polar surface area (TPSA) is 68.2 Å². The van der Waals surface area contributed by atoms with Gasteiger partial charge in [-0.25, -0.2) is 0 Å². The summed E-state index contributed by atoms with van der Waals surface area (Å²) >= 11 is 0. The Morgan fingerprint density at radius 3 is 2.83 bits per heavy atom. The van der Waals surface area contributed by atoms with E-state index < -0.39 is 0 Å². The maximum Gasteiger partial charge on any atom is 0.184 e. The molecule has 0 aliphatic heterocycles. The molecule has 0 unspecified atom stereocenters. The van der Waals surface area contributed by atoms with E-state index in [1.54, 1.807) is 6.26 Å². The van der Waals surface area contributed by atoms with Crippen molar-refractivity contribution in [2.75, 3.05) is 0 Å². The third-order valence-corrected chi connectivity index (χ3v) is 4.15. The van der Waals surface area contributed by atoms with E-state index in [2.05, 4.69) is 52.9 Å². The van der Waals surface area contributed by atoms with Crippen molar-refractivity contribution < 1.29 is 4.42 Å². The zero-order chi connectivity index (χ0) is 15.8. The average Bonchev–Trinajstić information content (AvgIpc) is 3.20. The van der Waals surface area contributed by atoms with E-state index in [1.165, 1.54) is 11.1 Å². The molecule has 0 fully saturated rings. The van der Waals surface area contributed by atoms with Crippen molar-refractivity contribution in [3.63, 3.8) is 0 Å². The zero-order valence-electron chi connectivity index (χ0n) is 13.1. The van der Waals surface area contributed by atoms with Crippen LogP contribution in [0.1, 0.15) is 22.5 Å². The summed E-state index contributed by atoms with van der Waals surface area (Å²) in [6.45, 7) is 5.57. The van der Waals surface area contributed by atoms with Crippen molar-refractivity contribution in [1.82, 2.24) is 25.4 Å². The van der Waals surface area contributed by atoms with E-state index in [0.29, 0.717) is 13.1 Å². The Kier molecular flexibility index (Phi) is 3.31. The third-order valence-electron chi connectivity index (χ3n) is 4.15. The molecule has 0 amide bonds. The average molecular weight is 307 g/mol. The first-order valence-electron chi connectivity index (χ1n) is 7.56. The number of hydrogen-bond donors (Lipinski definition) is 1. The first kappa shape index (κ1) is 13.9. The SMILES string of the molecule is Cc1cc2cc(CNCc3ccco3)c3nnnn3c2cc1C. The van der Waals surface area contributed by atoms with Crippen molar-refractivity contribution in [2.24, 2.45) is 0 Å². The fraction of sp³-hybridized carbons (Fsp3) is 0.235. The number of aromatic nitrogens is 4. The molecule has 1 N–H and O–H groups in total. The largest absolute Gasteiger partial charge is 0.468 e. The number of nitrogens with one attached hydrogen (secondary N) is 1. The maximum atomic E-state index is 5.34. The number of benzene rings is 1. The first-order chi connectivity index (χ1) is 11.2. The van der Waals surface area contributed by atoms with Gasteiger partial charge >= 0.3 is 0 Å². The van der Waals surface area contributed by atoms with Crippen LogP contribution in [0.2, 0.25) is 0 Å². The minimum Gasteiger partial charge on any atom is -0.468 e. The quantitative estimate of drug-likeness (QED) is 0.628. The summed E-state index contributed by atoms with van der Waals surface area (Å²) < 4.78 is 7.15. The number of tetrazole rings is 1. The number of pyridine rings is 1. The molecule has 0 aliphatic rings. The van der Waals surface area contributed by atoms with Gasteiger partial charge in [-0.2, -0.15) is 4.52 Å². The highest BCUT2D eigenvalue weighted by Crippen LogP contribution is 2.22. The molecular weight excluding hydrogens is 290 g/mol. The van der Waals surface area contributed by atoms with Crippen LogP contribution in [0.25, 0.3) is 16.6 Å². The smallest absolute Gasteiger partial charge is 0.184 e. The van der Waals surface area contributed by atoms with Crippen molar-refractivity contribution in [1.29, 1.82) is 0 Å². The normalized spacial score (nSPS) is 11.6. The summed E-state index contributed by atoms with van der Waals surface area (Å²) in [5.41, 5.74) is 5.38. The van der Waals surface area contributed by atoms with Crippen molar-refractivity contribution in [3.8, 4) is 0 Å². The molecule has 3 heterocycles. The van der Waals surface area contributed by atoms with Gasteiger partial charge in [0.2, 0.25) is 0 Å². The van der Waals surface area contributed by atoms with Gasteiger partial charge in [-0.05, 0) is 65.7 Å². The molecule has 0 spiro atoms. The predicted octanol–water partition coefficient (Wildman–Crippen LogP) is 2.78. The van der Waals surface area contributed by atoms with Crippen molar-refractivity contribution in [3.05, 3.63) is 59.0 Å². The maximum absolute atomic E-state index is 5.34.